The minimum atomic E-state index is 0.180. The number of nitrogens with zero attached hydrogens (tertiary/aromatic N) is 4. The van der Waals surface area contributed by atoms with Gasteiger partial charge >= 0.3 is 0 Å². The zero-order chi connectivity index (χ0) is 15.3. The second-order valence-electron chi connectivity index (χ2n) is 5.14. The monoisotopic (exact) mass is 310 g/mol. The van der Waals surface area contributed by atoms with Crippen molar-refractivity contribution in [2.45, 2.75) is 20.3 Å². The van der Waals surface area contributed by atoms with Crippen molar-refractivity contribution in [1.82, 2.24) is 19.6 Å². The Labute approximate surface area is 130 Å². The van der Waals surface area contributed by atoms with Crippen LogP contribution in [0.1, 0.15) is 17.4 Å². The standard InChI is InChI=1S/C16H14N4OS/c1-3-10-9(2)22-16-13(10)15-18-14(19-20(15)8-17-16)11-6-4-5-7-12(11)21/h4-8,21H,3H2,1-2H3. The Morgan fingerprint density at radius 1 is 1.27 bits per heavy atom. The van der Waals surface area contributed by atoms with Crippen LogP contribution in [0.4, 0.5) is 0 Å². The average Bonchev–Trinajstić information content (AvgIpc) is 3.07. The summed E-state index contributed by atoms with van der Waals surface area (Å²) in [7, 11) is 0. The zero-order valence-corrected chi connectivity index (χ0v) is 13.1. The van der Waals surface area contributed by atoms with E-state index in [0.29, 0.717) is 11.4 Å². The van der Waals surface area contributed by atoms with E-state index in [9.17, 15) is 5.11 Å². The number of thiophene rings is 1. The Kier molecular flexibility index (Phi) is 2.87. The molecule has 0 spiro atoms. The molecule has 0 saturated carbocycles. The summed E-state index contributed by atoms with van der Waals surface area (Å²) in [6.45, 7) is 4.25. The molecule has 3 heterocycles. The van der Waals surface area contributed by atoms with Crippen LogP contribution in [0.5, 0.6) is 5.75 Å². The fourth-order valence-electron chi connectivity index (χ4n) is 2.77. The summed E-state index contributed by atoms with van der Waals surface area (Å²) >= 11 is 1.68. The third kappa shape index (κ3) is 1.80. The topological polar surface area (TPSA) is 63.3 Å². The molecule has 0 bridgehead atoms. The van der Waals surface area contributed by atoms with Crippen molar-refractivity contribution < 1.29 is 5.11 Å². The van der Waals surface area contributed by atoms with Crippen LogP contribution in [0.2, 0.25) is 0 Å². The molecule has 1 aromatic carbocycles. The summed E-state index contributed by atoms with van der Waals surface area (Å²) in [5.74, 6) is 0.693. The smallest absolute Gasteiger partial charge is 0.185 e. The summed E-state index contributed by atoms with van der Waals surface area (Å²) in [5, 5.41) is 15.5. The second-order valence-corrected chi connectivity index (χ2v) is 6.34. The molecule has 4 rings (SSSR count). The highest BCUT2D eigenvalue weighted by Crippen LogP contribution is 2.33. The van der Waals surface area contributed by atoms with Crippen LogP contribution >= 0.6 is 11.3 Å². The predicted molar refractivity (Wildman–Crippen MR) is 87.4 cm³/mol. The lowest BCUT2D eigenvalue weighted by atomic mass is 10.1. The zero-order valence-electron chi connectivity index (χ0n) is 12.2. The van der Waals surface area contributed by atoms with E-state index in [1.54, 1.807) is 34.3 Å². The molecule has 6 heteroatoms. The van der Waals surface area contributed by atoms with E-state index < -0.39 is 0 Å². The van der Waals surface area contributed by atoms with E-state index in [1.807, 2.05) is 12.1 Å². The van der Waals surface area contributed by atoms with Gasteiger partial charge in [0.2, 0.25) is 0 Å². The number of hydrogen-bond donors (Lipinski definition) is 1. The predicted octanol–water partition coefficient (Wildman–Crippen LogP) is 3.58. The number of aromatic hydroxyl groups is 1. The lowest BCUT2D eigenvalue weighted by Gasteiger charge is -1.97. The molecule has 1 N–H and O–H groups in total. The molecule has 0 aliphatic rings. The summed E-state index contributed by atoms with van der Waals surface area (Å²) < 4.78 is 1.69. The van der Waals surface area contributed by atoms with Gasteiger partial charge in [0.25, 0.3) is 0 Å². The molecule has 0 radical (unpaired) electrons. The van der Waals surface area contributed by atoms with Crippen LogP contribution in [-0.2, 0) is 6.42 Å². The van der Waals surface area contributed by atoms with Crippen LogP contribution in [0.15, 0.2) is 30.6 Å². The number of aromatic nitrogens is 4. The first-order valence-corrected chi connectivity index (χ1v) is 7.92. The molecule has 0 fully saturated rings. The highest BCUT2D eigenvalue weighted by molar-refractivity contribution is 7.18. The number of hydrogen-bond acceptors (Lipinski definition) is 5. The highest BCUT2D eigenvalue weighted by Gasteiger charge is 2.17. The number of phenolic OH excluding ortho intramolecular Hbond substituents is 1. The molecule has 0 atom stereocenters. The minimum Gasteiger partial charge on any atom is -0.507 e. The summed E-state index contributed by atoms with van der Waals surface area (Å²) in [5.41, 5.74) is 2.70. The fraction of sp³-hybridized carbons (Fsp3) is 0.188. The van der Waals surface area contributed by atoms with E-state index in [0.717, 1.165) is 22.3 Å². The Hall–Kier alpha value is -2.47. The SMILES string of the molecule is CCc1c(C)sc2ncn3nc(-c4ccccc4O)nc3c12. The van der Waals surface area contributed by atoms with Gasteiger partial charge in [-0.15, -0.1) is 16.4 Å². The fourth-order valence-corrected chi connectivity index (χ4v) is 3.84. The van der Waals surface area contributed by atoms with Crippen molar-refractivity contribution in [2.75, 3.05) is 0 Å². The quantitative estimate of drug-likeness (QED) is 0.614. The van der Waals surface area contributed by atoms with Gasteiger partial charge in [-0.25, -0.2) is 14.5 Å². The van der Waals surface area contributed by atoms with Gasteiger partial charge in [-0.05, 0) is 31.0 Å². The third-order valence-corrected chi connectivity index (χ3v) is 4.88. The van der Waals surface area contributed by atoms with Gasteiger partial charge in [-0.2, -0.15) is 0 Å². The highest BCUT2D eigenvalue weighted by atomic mass is 32.1. The number of benzene rings is 1. The Balaban J connectivity index is 2.06. The lowest BCUT2D eigenvalue weighted by molar-refractivity contribution is 0.477. The van der Waals surface area contributed by atoms with Crippen molar-refractivity contribution in [3.63, 3.8) is 0 Å². The van der Waals surface area contributed by atoms with Crippen LogP contribution in [0.3, 0.4) is 0 Å². The molecule has 0 aliphatic carbocycles. The van der Waals surface area contributed by atoms with Crippen molar-refractivity contribution in [2.24, 2.45) is 0 Å². The van der Waals surface area contributed by atoms with E-state index in [1.165, 1.54) is 10.4 Å². The molecule has 0 amide bonds. The van der Waals surface area contributed by atoms with E-state index in [2.05, 4.69) is 28.9 Å². The maximum atomic E-state index is 10.0. The normalized spacial score (nSPS) is 11.5. The molecule has 3 aromatic heterocycles. The molecule has 0 unspecified atom stereocenters. The molecule has 5 nitrogen and oxygen atoms in total. The second kappa shape index (κ2) is 4.78. The summed E-state index contributed by atoms with van der Waals surface area (Å²) in [4.78, 5) is 11.4. The first kappa shape index (κ1) is 13.2. The number of aryl methyl sites for hydroxylation is 2. The van der Waals surface area contributed by atoms with Crippen molar-refractivity contribution in [3.8, 4) is 17.1 Å². The Morgan fingerprint density at radius 3 is 2.86 bits per heavy atom. The van der Waals surface area contributed by atoms with Crippen LogP contribution in [0.25, 0.3) is 27.3 Å². The van der Waals surface area contributed by atoms with Crippen molar-refractivity contribution in [1.29, 1.82) is 0 Å². The van der Waals surface area contributed by atoms with Crippen molar-refractivity contribution >= 4 is 27.2 Å². The molecule has 4 aromatic rings. The maximum Gasteiger partial charge on any atom is 0.185 e. The molecular weight excluding hydrogens is 296 g/mol. The number of fused-ring (bicyclic) bond motifs is 3. The number of phenols is 1. The Morgan fingerprint density at radius 2 is 2.09 bits per heavy atom. The molecule has 0 aliphatic heterocycles. The summed E-state index contributed by atoms with van der Waals surface area (Å²) in [6, 6.07) is 7.10. The van der Waals surface area contributed by atoms with Gasteiger partial charge in [-0.1, -0.05) is 19.1 Å². The van der Waals surface area contributed by atoms with E-state index in [4.69, 9.17) is 0 Å². The first-order valence-electron chi connectivity index (χ1n) is 7.10. The van der Waals surface area contributed by atoms with Gasteiger partial charge in [-0.3, -0.25) is 0 Å². The van der Waals surface area contributed by atoms with Crippen LogP contribution in [-0.4, -0.2) is 24.7 Å². The van der Waals surface area contributed by atoms with E-state index >= 15 is 0 Å². The van der Waals surface area contributed by atoms with Gasteiger partial charge < -0.3 is 5.11 Å². The third-order valence-electron chi connectivity index (χ3n) is 3.83. The molecule has 22 heavy (non-hydrogen) atoms. The first-order chi connectivity index (χ1) is 10.7. The minimum absolute atomic E-state index is 0.180. The van der Waals surface area contributed by atoms with E-state index in [-0.39, 0.29) is 5.75 Å². The van der Waals surface area contributed by atoms with Gasteiger partial charge in [0.15, 0.2) is 11.5 Å². The average molecular weight is 310 g/mol. The summed E-state index contributed by atoms with van der Waals surface area (Å²) in [6.07, 6.45) is 2.62. The lowest BCUT2D eigenvalue weighted by Crippen LogP contribution is -1.91. The van der Waals surface area contributed by atoms with Crippen molar-refractivity contribution in [3.05, 3.63) is 41.0 Å². The van der Waals surface area contributed by atoms with Gasteiger partial charge in [0, 0.05) is 4.88 Å². The van der Waals surface area contributed by atoms with Crippen LogP contribution in [0, 0.1) is 6.92 Å². The van der Waals surface area contributed by atoms with Gasteiger partial charge in [0.05, 0.1) is 10.9 Å². The number of rotatable bonds is 2. The van der Waals surface area contributed by atoms with Gasteiger partial charge in [0.1, 0.15) is 16.9 Å². The molecule has 0 saturated heterocycles. The largest absolute Gasteiger partial charge is 0.507 e. The molecule has 110 valence electrons. The number of para-hydroxylation sites is 1. The maximum absolute atomic E-state index is 10.0. The Bertz CT molecular complexity index is 1000. The van der Waals surface area contributed by atoms with Crippen LogP contribution < -0.4 is 0 Å². The molecular formula is C16H14N4OS.